The van der Waals surface area contributed by atoms with Gasteiger partial charge in [0.15, 0.2) is 0 Å². The van der Waals surface area contributed by atoms with E-state index in [-0.39, 0.29) is 5.91 Å². The molecule has 1 fully saturated rings. The van der Waals surface area contributed by atoms with Crippen molar-refractivity contribution in [3.8, 4) is 5.75 Å². The number of nitrogen functional groups attached to an aromatic ring is 1. The van der Waals surface area contributed by atoms with Gasteiger partial charge in [0.25, 0.3) is 0 Å². The largest absolute Gasteiger partial charge is 0.497 e. The summed E-state index contributed by atoms with van der Waals surface area (Å²) in [7, 11) is 3.67. The Labute approximate surface area is 126 Å². The number of carbonyl (C=O) groups is 1. The molecule has 0 bridgehead atoms. The van der Waals surface area contributed by atoms with Crippen LogP contribution >= 0.6 is 0 Å². The Kier molecular flexibility index (Phi) is 5.07. The molecule has 5 heteroatoms. The Morgan fingerprint density at radius 2 is 2.24 bits per heavy atom. The molecule has 1 aromatic carbocycles. The van der Waals surface area contributed by atoms with Gasteiger partial charge < -0.3 is 20.7 Å². The van der Waals surface area contributed by atoms with Crippen LogP contribution in [0.2, 0.25) is 0 Å². The first-order valence-electron chi connectivity index (χ1n) is 7.45. The smallest absolute Gasteiger partial charge is 0.225 e. The number of amides is 1. The Morgan fingerprint density at radius 1 is 1.52 bits per heavy atom. The molecule has 1 aliphatic carbocycles. The molecule has 0 radical (unpaired) electrons. The molecule has 1 amide bonds. The number of nitrogens with two attached hydrogens (primary N) is 1. The maximum atomic E-state index is 12.0. The number of hydrogen-bond donors (Lipinski definition) is 2. The molecule has 0 saturated heterocycles. The average molecular weight is 291 g/mol. The van der Waals surface area contributed by atoms with Gasteiger partial charge in [0.2, 0.25) is 5.91 Å². The number of nitrogens with one attached hydrogen (secondary N) is 1. The zero-order valence-electron chi connectivity index (χ0n) is 13.1. The zero-order chi connectivity index (χ0) is 15.4. The van der Waals surface area contributed by atoms with Crippen LogP contribution < -0.4 is 15.8 Å². The van der Waals surface area contributed by atoms with Crippen LogP contribution in [0.4, 0.5) is 11.4 Å². The molecule has 1 saturated carbocycles. The average Bonchev–Trinajstić information content (AvgIpc) is 3.30. The molecular weight excluding hydrogens is 266 g/mol. The second-order valence-electron chi connectivity index (χ2n) is 5.81. The van der Waals surface area contributed by atoms with Gasteiger partial charge in [-0.05, 0) is 44.9 Å². The number of nitrogens with zero attached hydrogens (tertiary/aromatic N) is 1. The van der Waals surface area contributed by atoms with Crippen molar-refractivity contribution in [1.29, 1.82) is 0 Å². The Bertz CT molecular complexity index is 500. The fourth-order valence-corrected chi connectivity index (χ4v) is 2.41. The topological polar surface area (TPSA) is 67.6 Å². The van der Waals surface area contributed by atoms with Crippen molar-refractivity contribution in [3.63, 3.8) is 0 Å². The van der Waals surface area contributed by atoms with Crippen molar-refractivity contribution < 1.29 is 9.53 Å². The summed E-state index contributed by atoms with van der Waals surface area (Å²) in [6.45, 7) is 3.00. The summed E-state index contributed by atoms with van der Waals surface area (Å²) in [6, 6.07) is 5.82. The molecule has 0 heterocycles. The molecule has 2 rings (SSSR count). The molecule has 1 aromatic rings. The van der Waals surface area contributed by atoms with Crippen molar-refractivity contribution in [2.45, 2.75) is 32.2 Å². The van der Waals surface area contributed by atoms with E-state index in [1.165, 1.54) is 12.8 Å². The van der Waals surface area contributed by atoms with Crippen LogP contribution in [0.3, 0.4) is 0 Å². The van der Waals surface area contributed by atoms with E-state index in [1.807, 2.05) is 0 Å². The summed E-state index contributed by atoms with van der Waals surface area (Å²) in [6.07, 6.45) is 3.11. The quantitative estimate of drug-likeness (QED) is 0.757. The summed E-state index contributed by atoms with van der Waals surface area (Å²) < 4.78 is 5.09. The van der Waals surface area contributed by atoms with Crippen molar-refractivity contribution in [3.05, 3.63) is 18.2 Å². The van der Waals surface area contributed by atoms with Gasteiger partial charge >= 0.3 is 0 Å². The van der Waals surface area contributed by atoms with Crippen LogP contribution in [0, 0.1) is 5.92 Å². The molecule has 0 spiro atoms. The summed E-state index contributed by atoms with van der Waals surface area (Å²) >= 11 is 0. The maximum Gasteiger partial charge on any atom is 0.225 e. The normalized spacial score (nSPS) is 15.8. The van der Waals surface area contributed by atoms with E-state index >= 15 is 0 Å². The van der Waals surface area contributed by atoms with E-state index in [9.17, 15) is 4.79 Å². The van der Waals surface area contributed by atoms with Gasteiger partial charge in [0.1, 0.15) is 5.75 Å². The molecule has 1 aliphatic rings. The SMILES string of the molecule is COc1ccc(NC(=O)CCN(C)C(C)C2CC2)c(N)c1. The van der Waals surface area contributed by atoms with Crippen LogP contribution in [0.25, 0.3) is 0 Å². The van der Waals surface area contributed by atoms with Gasteiger partial charge in [0.05, 0.1) is 18.5 Å². The lowest BCUT2D eigenvalue weighted by Crippen LogP contribution is -2.33. The number of anilines is 2. The summed E-state index contributed by atoms with van der Waals surface area (Å²) in [5, 5.41) is 2.85. The minimum absolute atomic E-state index is 0.0123. The third-order valence-electron chi connectivity index (χ3n) is 4.22. The highest BCUT2D eigenvalue weighted by molar-refractivity contribution is 5.94. The predicted octanol–water partition coefficient (Wildman–Crippen LogP) is 2.34. The van der Waals surface area contributed by atoms with Crippen LogP contribution in [-0.2, 0) is 4.79 Å². The molecule has 21 heavy (non-hydrogen) atoms. The number of benzene rings is 1. The Balaban J connectivity index is 1.81. The molecular formula is C16H25N3O2. The lowest BCUT2D eigenvalue weighted by molar-refractivity contribution is -0.116. The fraction of sp³-hybridized carbons (Fsp3) is 0.562. The monoisotopic (exact) mass is 291 g/mol. The van der Waals surface area contributed by atoms with Crippen LogP contribution in [0.5, 0.6) is 5.75 Å². The molecule has 5 nitrogen and oxygen atoms in total. The predicted molar refractivity (Wildman–Crippen MR) is 85.5 cm³/mol. The summed E-state index contributed by atoms with van der Waals surface area (Å²) in [5.74, 6) is 1.49. The molecule has 0 aromatic heterocycles. The van der Waals surface area contributed by atoms with Gasteiger partial charge in [-0.25, -0.2) is 0 Å². The minimum Gasteiger partial charge on any atom is -0.497 e. The molecule has 116 valence electrons. The van der Waals surface area contributed by atoms with Crippen LogP contribution in [0.1, 0.15) is 26.2 Å². The van der Waals surface area contributed by atoms with Gasteiger partial charge in [-0.3, -0.25) is 4.79 Å². The van der Waals surface area contributed by atoms with Crippen molar-refractivity contribution >= 4 is 17.3 Å². The second kappa shape index (κ2) is 6.80. The Hall–Kier alpha value is -1.75. The standard InChI is InChI=1S/C16H25N3O2/c1-11(12-4-5-12)19(2)9-8-16(20)18-15-7-6-13(21-3)10-14(15)17/h6-7,10-12H,4-5,8-9,17H2,1-3H3,(H,18,20). The lowest BCUT2D eigenvalue weighted by Gasteiger charge is -2.24. The molecule has 3 N–H and O–H groups in total. The molecule has 1 unspecified atom stereocenters. The first-order valence-corrected chi connectivity index (χ1v) is 7.45. The van der Waals surface area contributed by atoms with Crippen molar-refractivity contribution in [2.24, 2.45) is 5.92 Å². The van der Waals surface area contributed by atoms with Gasteiger partial charge in [0, 0.05) is 25.1 Å². The van der Waals surface area contributed by atoms with E-state index < -0.39 is 0 Å². The number of rotatable bonds is 7. The number of carbonyl (C=O) groups excluding carboxylic acids is 1. The van der Waals surface area contributed by atoms with E-state index in [4.69, 9.17) is 10.5 Å². The third kappa shape index (κ3) is 4.36. The second-order valence-corrected chi connectivity index (χ2v) is 5.81. The zero-order valence-corrected chi connectivity index (χ0v) is 13.1. The summed E-state index contributed by atoms with van der Waals surface area (Å²) in [5.41, 5.74) is 7.05. The van der Waals surface area contributed by atoms with Gasteiger partial charge in [-0.1, -0.05) is 0 Å². The van der Waals surface area contributed by atoms with Crippen molar-refractivity contribution in [1.82, 2.24) is 4.90 Å². The van der Waals surface area contributed by atoms with Gasteiger partial charge in [-0.2, -0.15) is 0 Å². The van der Waals surface area contributed by atoms with E-state index in [0.29, 0.717) is 29.6 Å². The number of hydrogen-bond acceptors (Lipinski definition) is 4. The Morgan fingerprint density at radius 3 is 2.81 bits per heavy atom. The minimum atomic E-state index is -0.0123. The highest BCUT2D eigenvalue weighted by atomic mass is 16.5. The maximum absolute atomic E-state index is 12.0. The van der Waals surface area contributed by atoms with Crippen LogP contribution in [0.15, 0.2) is 18.2 Å². The number of methoxy groups -OCH3 is 1. The first kappa shape index (κ1) is 15.6. The molecule has 0 aliphatic heterocycles. The van der Waals surface area contributed by atoms with Crippen LogP contribution in [-0.4, -0.2) is 37.6 Å². The van der Waals surface area contributed by atoms with E-state index in [2.05, 4.69) is 24.2 Å². The lowest BCUT2D eigenvalue weighted by atomic mass is 10.2. The molecule has 1 atom stereocenters. The van der Waals surface area contributed by atoms with E-state index in [0.717, 1.165) is 12.5 Å². The third-order valence-corrected chi connectivity index (χ3v) is 4.22. The fourth-order valence-electron chi connectivity index (χ4n) is 2.41. The first-order chi connectivity index (χ1) is 10.0. The van der Waals surface area contributed by atoms with Gasteiger partial charge in [-0.15, -0.1) is 0 Å². The van der Waals surface area contributed by atoms with E-state index in [1.54, 1.807) is 25.3 Å². The highest BCUT2D eigenvalue weighted by Gasteiger charge is 2.30. The number of ether oxygens (including phenoxy) is 1. The summed E-state index contributed by atoms with van der Waals surface area (Å²) in [4.78, 5) is 14.3. The highest BCUT2D eigenvalue weighted by Crippen LogP contribution is 2.34. The van der Waals surface area contributed by atoms with Crippen molar-refractivity contribution in [2.75, 3.05) is 31.8 Å².